The summed E-state index contributed by atoms with van der Waals surface area (Å²) in [6.45, 7) is 11.2. The molecule has 1 aromatic carbocycles. The van der Waals surface area contributed by atoms with Crippen molar-refractivity contribution in [2.24, 2.45) is 0 Å². The van der Waals surface area contributed by atoms with E-state index in [-0.39, 0.29) is 23.8 Å². The molecule has 0 bridgehead atoms. The third-order valence-corrected chi connectivity index (χ3v) is 9.41. The molecule has 0 radical (unpaired) electrons. The lowest BCUT2D eigenvalue weighted by molar-refractivity contribution is -0.131. The molecule has 2 atom stereocenters. The van der Waals surface area contributed by atoms with Crippen LogP contribution in [-0.2, 0) is 11.2 Å². The van der Waals surface area contributed by atoms with Crippen molar-refractivity contribution in [1.29, 1.82) is 0 Å². The summed E-state index contributed by atoms with van der Waals surface area (Å²) in [5, 5.41) is 7.26. The number of carbonyl (C=O) groups is 2. The van der Waals surface area contributed by atoms with Gasteiger partial charge in [0.05, 0.1) is 11.6 Å². The third-order valence-electron chi connectivity index (χ3n) is 8.18. The molecule has 4 aromatic rings. The Bertz CT molecular complexity index is 1480. The topological polar surface area (TPSA) is 90.1 Å². The third kappa shape index (κ3) is 6.64. The number of H-pyrrole nitrogens is 1. The van der Waals surface area contributed by atoms with E-state index in [1.807, 2.05) is 24.0 Å². The van der Waals surface area contributed by atoms with Crippen LogP contribution in [0.1, 0.15) is 72.1 Å². The van der Waals surface area contributed by atoms with Crippen LogP contribution < -0.4 is 10.6 Å². The van der Waals surface area contributed by atoms with Gasteiger partial charge in [0.15, 0.2) is 0 Å². The Morgan fingerprint density at radius 2 is 1.76 bits per heavy atom. The molecule has 1 fully saturated rings. The van der Waals surface area contributed by atoms with Crippen LogP contribution in [-0.4, -0.2) is 53.0 Å². The molecule has 41 heavy (non-hydrogen) atoms. The number of aromatic amines is 1. The molecule has 3 amide bonds. The van der Waals surface area contributed by atoms with Crippen LogP contribution in [0.15, 0.2) is 48.8 Å². The lowest BCUT2D eigenvalue weighted by Crippen LogP contribution is -2.38. The maximum atomic E-state index is 13.1. The second kappa shape index (κ2) is 12.9. The molecule has 2 unspecified atom stereocenters. The maximum absolute atomic E-state index is 13.1. The Labute approximate surface area is 246 Å². The van der Waals surface area contributed by atoms with Crippen LogP contribution in [0.4, 0.5) is 4.79 Å². The van der Waals surface area contributed by atoms with E-state index in [0.717, 1.165) is 58.7 Å². The zero-order valence-electron chi connectivity index (χ0n) is 24.5. The number of fused-ring (bicyclic) bond motifs is 1. The Kier molecular flexibility index (Phi) is 9.08. The highest BCUT2D eigenvalue weighted by atomic mass is 32.1. The van der Waals surface area contributed by atoms with E-state index >= 15 is 0 Å². The van der Waals surface area contributed by atoms with E-state index in [1.165, 1.54) is 22.3 Å². The summed E-state index contributed by atoms with van der Waals surface area (Å²) in [6.07, 6.45) is 7.39. The average Bonchev–Trinajstić information content (AvgIpc) is 3.71. The second-order valence-electron chi connectivity index (χ2n) is 11.3. The van der Waals surface area contributed by atoms with Crippen LogP contribution >= 0.6 is 11.3 Å². The van der Waals surface area contributed by atoms with E-state index < -0.39 is 0 Å². The largest absolute Gasteiger partial charge is 0.346 e. The number of rotatable bonds is 10. The summed E-state index contributed by atoms with van der Waals surface area (Å²) in [7, 11) is 0. The maximum Gasteiger partial charge on any atom is 0.314 e. The summed E-state index contributed by atoms with van der Waals surface area (Å²) in [5.41, 5.74) is 7.03. The summed E-state index contributed by atoms with van der Waals surface area (Å²) in [5.74, 6) is 0.309. The van der Waals surface area contributed by atoms with Gasteiger partial charge in [0, 0.05) is 54.8 Å². The van der Waals surface area contributed by atoms with E-state index in [1.54, 1.807) is 23.7 Å². The van der Waals surface area contributed by atoms with E-state index in [0.29, 0.717) is 19.5 Å². The molecule has 4 heterocycles. The predicted molar refractivity (Wildman–Crippen MR) is 168 cm³/mol. The Hall–Kier alpha value is -3.65. The van der Waals surface area contributed by atoms with Gasteiger partial charge < -0.3 is 20.5 Å². The number of hydrogen-bond donors (Lipinski definition) is 3. The van der Waals surface area contributed by atoms with Gasteiger partial charge in [-0.2, -0.15) is 0 Å². The minimum absolute atomic E-state index is 0.159. The van der Waals surface area contributed by atoms with Gasteiger partial charge >= 0.3 is 6.03 Å². The van der Waals surface area contributed by atoms with Crippen LogP contribution in [0.3, 0.4) is 0 Å². The smallest absolute Gasteiger partial charge is 0.314 e. The number of nitrogens with one attached hydrogen (secondary N) is 3. The van der Waals surface area contributed by atoms with Crippen LogP contribution in [0.5, 0.6) is 0 Å². The molecule has 1 aliphatic heterocycles. The highest BCUT2D eigenvalue weighted by Crippen LogP contribution is 2.39. The van der Waals surface area contributed by atoms with Gasteiger partial charge in [0.25, 0.3) is 0 Å². The Morgan fingerprint density at radius 3 is 2.44 bits per heavy atom. The minimum atomic E-state index is -0.160. The number of aryl methyl sites for hydroxylation is 2. The van der Waals surface area contributed by atoms with E-state index in [4.69, 9.17) is 0 Å². The molecular weight excluding hydrogens is 530 g/mol. The lowest BCUT2D eigenvalue weighted by Gasteiger charge is -2.19. The van der Waals surface area contributed by atoms with Gasteiger partial charge in [0.1, 0.15) is 4.83 Å². The van der Waals surface area contributed by atoms with E-state index in [2.05, 4.69) is 65.6 Å². The van der Waals surface area contributed by atoms with Crippen LogP contribution in [0, 0.1) is 13.8 Å². The number of benzene rings is 1. The van der Waals surface area contributed by atoms with Gasteiger partial charge in [-0.3, -0.25) is 9.78 Å². The standard InChI is InChI=1S/C33H41N5O2S/c1-5-24(25-8-11-34-12-9-25)20-36-33(40)35-13-10-27-28-19-29(23(4)32(39)38-14-6-7-15-38)41-31(28)37-30(27)26-17-21(2)16-22(3)18-26/h8-9,11-12,16-19,23-24,37H,5-7,10,13-15,20H2,1-4H3,(H2,35,36,40). The highest BCUT2D eigenvalue weighted by molar-refractivity contribution is 7.18. The Morgan fingerprint density at radius 1 is 1.05 bits per heavy atom. The Balaban J connectivity index is 1.32. The fourth-order valence-corrected chi connectivity index (χ4v) is 7.07. The average molecular weight is 572 g/mol. The van der Waals surface area contributed by atoms with Crippen molar-refractivity contribution in [2.75, 3.05) is 26.2 Å². The quantitative estimate of drug-likeness (QED) is 0.199. The molecule has 8 heteroatoms. The van der Waals surface area contributed by atoms with Crippen LogP contribution in [0.25, 0.3) is 21.5 Å². The predicted octanol–water partition coefficient (Wildman–Crippen LogP) is 6.67. The number of hydrogen-bond acceptors (Lipinski definition) is 4. The van der Waals surface area contributed by atoms with Gasteiger partial charge in [-0.25, -0.2) is 4.79 Å². The fourth-order valence-electron chi connectivity index (χ4n) is 5.94. The monoisotopic (exact) mass is 571 g/mol. The highest BCUT2D eigenvalue weighted by Gasteiger charge is 2.27. The lowest BCUT2D eigenvalue weighted by atomic mass is 9.98. The molecule has 7 nitrogen and oxygen atoms in total. The van der Waals surface area contributed by atoms with Gasteiger partial charge in [-0.15, -0.1) is 11.3 Å². The van der Waals surface area contributed by atoms with Crippen molar-refractivity contribution >= 4 is 33.5 Å². The molecular formula is C33H41N5O2S. The molecule has 3 aromatic heterocycles. The van der Waals surface area contributed by atoms with Crippen molar-refractivity contribution < 1.29 is 9.59 Å². The summed E-state index contributed by atoms with van der Waals surface area (Å²) in [6, 6.07) is 12.6. The van der Waals surface area contributed by atoms with Crippen molar-refractivity contribution in [3.8, 4) is 11.3 Å². The first-order chi connectivity index (χ1) is 19.8. The minimum Gasteiger partial charge on any atom is -0.346 e. The van der Waals surface area contributed by atoms with Gasteiger partial charge in [0.2, 0.25) is 5.91 Å². The normalized spacial score (nSPS) is 14.8. The number of urea groups is 1. The molecule has 1 aliphatic rings. The number of likely N-dealkylation sites (tertiary alicyclic amines) is 1. The van der Waals surface area contributed by atoms with Crippen LogP contribution in [0.2, 0.25) is 0 Å². The number of aromatic nitrogens is 2. The summed E-state index contributed by atoms with van der Waals surface area (Å²) < 4.78 is 0. The number of carbonyl (C=O) groups excluding carboxylic acids is 2. The summed E-state index contributed by atoms with van der Waals surface area (Å²) in [4.78, 5) is 37.8. The van der Waals surface area contributed by atoms with Gasteiger partial charge in [-0.05, 0) is 93.5 Å². The molecule has 216 valence electrons. The van der Waals surface area contributed by atoms with Crippen molar-refractivity contribution in [3.05, 3.63) is 75.9 Å². The molecule has 0 saturated carbocycles. The van der Waals surface area contributed by atoms with Gasteiger partial charge in [-0.1, -0.05) is 24.1 Å². The molecule has 3 N–H and O–H groups in total. The first-order valence-corrected chi connectivity index (χ1v) is 15.6. The number of amides is 3. The molecule has 0 aliphatic carbocycles. The van der Waals surface area contributed by atoms with Crippen molar-refractivity contribution in [2.45, 2.75) is 65.2 Å². The van der Waals surface area contributed by atoms with Crippen molar-refractivity contribution in [3.63, 3.8) is 0 Å². The number of thiophene rings is 1. The second-order valence-corrected chi connectivity index (χ2v) is 12.4. The zero-order valence-corrected chi connectivity index (χ0v) is 25.4. The first-order valence-electron chi connectivity index (χ1n) is 14.8. The first kappa shape index (κ1) is 28.9. The van der Waals surface area contributed by atoms with E-state index in [9.17, 15) is 9.59 Å². The molecule has 1 saturated heterocycles. The zero-order chi connectivity index (χ0) is 28.9. The number of pyridine rings is 1. The number of nitrogens with zero attached hydrogens (tertiary/aromatic N) is 2. The van der Waals surface area contributed by atoms with Crippen molar-refractivity contribution in [1.82, 2.24) is 25.5 Å². The molecule has 5 rings (SSSR count). The summed E-state index contributed by atoms with van der Waals surface area (Å²) >= 11 is 1.67. The SMILES string of the molecule is CCC(CNC(=O)NCCc1c(-c2cc(C)cc(C)c2)[nH]c2sc(C(C)C(=O)N3CCCC3)cc12)c1ccncc1. The fraction of sp³-hybridized carbons (Fsp3) is 0.424. The molecule has 0 spiro atoms.